The summed E-state index contributed by atoms with van der Waals surface area (Å²) in [5.74, 6) is -0.225. The molecule has 0 spiro atoms. The van der Waals surface area contributed by atoms with Gasteiger partial charge >= 0.3 is 0 Å². The molecule has 0 bridgehead atoms. The Morgan fingerprint density at radius 1 is 1.24 bits per heavy atom. The lowest BCUT2D eigenvalue weighted by atomic mass is 9.70. The van der Waals surface area contributed by atoms with Crippen LogP contribution in [0.15, 0.2) is 24.3 Å². The van der Waals surface area contributed by atoms with Crippen LogP contribution in [0.3, 0.4) is 0 Å². The highest BCUT2D eigenvalue weighted by Gasteiger charge is 2.38. The van der Waals surface area contributed by atoms with Crippen molar-refractivity contribution in [3.63, 3.8) is 0 Å². The maximum Gasteiger partial charge on any atom is 0.123 e. The zero-order valence-electron chi connectivity index (χ0n) is 10.4. The second-order valence-electron chi connectivity index (χ2n) is 5.32. The third-order valence-corrected chi connectivity index (χ3v) is 3.72. The normalized spacial score (nSPS) is 33.6. The molecule has 1 saturated heterocycles. The quantitative estimate of drug-likeness (QED) is 0.826. The van der Waals surface area contributed by atoms with E-state index in [-0.39, 0.29) is 17.8 Å². The zero-order chi connectivity index (χ0) is 12.5. The van der Waals surface area contributed by atoms with Crippen molar-refractivity contribution in [2.24, 2.45) is 0 Å². The van der Waals surface area contributed by atoms with Gasteiger partial charge in [0.05, 0.1) is 6.61 Å². The van der Waals surface area contributed by atoms with Crippen LogP contribution in [-0.4, -0.2) is 23.8 Å². The summed E-state index contributed by atoms with van der Waals surface area (Å²) in [7, 11) is 0. The van der Waals surface area contributed by atoms with E-state index < -0.39 is 0 Å². The van der Waals surface area contributed by atoms with Gasteiger partial charge in [-0.15, -0.1) is 0 Å². The van der Waals surface area contributed by atoms with Crippen LogP contribution in [0.2, 0.25) is 0 Å². The van der Waals surface area contributed by atoms with Gasteiger partial charge in [-0.3, -0.25) is 0 Å². The molecule has 0 radical (unpaired) electrons. The molecule has 2 unspecified atom stereocenters. The van der Waals surface area contributed by atoms with Gasteiger partial charge in [-0.05, 0) is 44.4 Å². The second-order valence-corrected chi connectivity index (χ2v) is 5.32. The molecule has 0 aromatic heterocycles. The van der Waals surface area contributed by atoms with Gasteiger partial charge < -0.3 is 10.4 Å². The molecule has 1 fully saturated rings. The van der Waals surface area contributed by atoms with E-state index in [9.17, 15) is 9.50 Å². The monoisotopic (exact) mass is 237 g/mol. The maximum absolute atomic E-state index is 13.0. The van der Waals surface area contributed by atoms with Gasteiger partial charge in [0.25, 0.3) is 0 Å². The highest BCUT2D eigenvalue weighted by atomic mass is 19.1. The molecule has 2 N–H and O–H groups in total. The molecule has 94 valence electrons. The molecule has 2 atom stereocenters. The van der Waals surface area contributed by atoms with Crippen molar-refractivity contribution in [1.82, 2.24) is 5.32 Å². The molecular formula is C14H20FNO. The molecule has 1 aliphatic rings. The van der Waals surface area contributed by atoms with Gasteiger partial charge in [-0.25, -0.2) is 4.39 Å². The highest BCUT2D eigenvalue weighted by Crippen LogP contribution is 2.37. The van der Waals surface area contributed by atoms with Crippen LogP contribution in [0.25, 0.3) is 0 Å². The Morgan fingerprint density at radius 3 is 2.24 bits per heavy atom. The van der Waals surface area contributed by atoms with Crippen molar-refractivity contribution in [1.29, 1.82) is 0 Å². The smallest absolute Gasteiger partial charge is 0.123 e. The van der Waals surface area contributed by atoms with Crippen LogP contribution in [0.4, 0.5) is 4.39 Å². The van der Waals surface area contributed by atoms with Crippen molar-refractivity contribution in [2.45, 2.75) is 44.2 Å². The van der Waals surface area contributed by atoms with E-state index >= 15 is 0 Å². The van der Waals surface area contributed by atoms with Crippen LogP contribution in [0, 0.1) is 5.82 Å². The average molecular weight is 237 g/mol. The Kier molecular flexibility index (Phi) is 3.50. The highest BCUT2D eigenvalue weighted by molar-refractivity contribution is 5.28. The summed E-state index contributed by atoms with van der Waals surface area (Å²) in [6, 6.07) is 7.30. The van der Waals surface area contributed by atoms with Crippen LogP contribution in [0.5, 0.6) is 0 Å². The molecule has 1 aliphatic heterocycles. The van der Waals surface area contributed by atoms with Crippen molar-refractivity contribution in [3.05, 3.63) is 35.6 Å². The van der Waals surface area contributed by atoms with E-state index in [1.165, 1.54) is 12.1 Å². The summed E-state index contributed by atoms with van der Waals surface area (Å²) < 4.78 is 13.0. The van der Waals surface area contributed by atoms with Crippen molar-refractivity contribution >= 4 is 0 Å². The minimum Gasteiger partial charge on any atom is -0.395 e. The van der Waals surface area contributed by atoms with E-state index in [1.807, 2.05) is 0 Å². The average Bonchev–Trinajstić information content (AvgIpc) is 2.28. The predicted octanol–water partition coefficient (Wildman–Crippen LogP) is 2.22. The van der Waals surface area contributed by atoms with E-state index in [0.29, 0.717) is 12.1 Å². The van der Waals surface area contributed by atoms with Gasteiger partial charge in [0.2, 0.25) is 0 Å². The van der Waals surface area contributed by atoms with E-state index in [0.717, 1.165) is 18.4 Å². The number of benzene rings is 1. The molecule has 17 heavy (non-hydrogen) atoms. The third kappa shape index (κ3) is 2.50. The minimum atomic E-state index is -0.225. The van der Waals surface area contributed by atoms with E-state index in [4.69, 9.17) is 0 Å². The standard InChI is InChI=1S/C14H20FNO/c1-10-7-14(9-17,8-11(2)16-10)12-3-5-13(15)6-4-12/h3-6,10-11,16-17H,7-9H2,1-2H3. The van der Waals surface area contributed by atoms with Crippen LogP contribution < -0.4 is 5.32 Å². The molecule has 1 aromatic carbocycles. The number of rotatable bonds is 2. The molecule has 1 heterocycles. The first-order valence-corrected chi connectivity index (χ1v) is 6.19. The topological polar surface area (TPSA) is 32.3 Å². The molecule has 1 aromatic rings. The maximum atomic E-state index is 13.0. The van der Waals surface area contributed by atoms with Crippen molar-refractivity contribution in [2.75, 3.05) is 6.61 Å². The van der Waals surface area contributed by atoms with E-state index in [1.54, 1.807) is 12.1 Å². The number of aliphatic hydroxyl groups excluding tert-OH is 1. The molecule has 0 amide bonds. The van der Waals surface area contributed by atoms with Gasteiger partial charge in [-0.1, -0.05) is 12.1 Å². The fourth-order valence-electron chi connectivity index (χ4n) is 3.12. The molecule has 0 saturated carbocycles. The Bertz CT molecular complexity index is 366. The number of hydrogen-bond acceptors (Lipinski definition) is 2. The lowest BCUT2D eigenvalue weighted by Crippen LogP contribution is -2.51. The Labute approximate surface area is 102 Å². The summed E-state index contributed by atoms with van der Waals surface area (Å²) in [5, 5.41) is 13.2. The summed E-state index contributed by atoms with van der Waals surface area (Å²) in [4.78, 5) is 0. The SMILES string of the molecule is CC1CC(CO)(c2ccc(F)cc2)CC(C)N1. The number of aliphatic hydroxyl groups is 1. The predicted molar refractivity (Wildman–Crippen MR) is 66.5 cm³/mol. The number of hydrogen-bond donors (Lipinski definition) is 2. The number of nitrogens with one attached hydrogen (secondary N) is 1. The first-order valence-electron chi connectivity index (χ1n) is 6.19. The molecular weight excluding hydrogens is 217 g/mol. The molecule has 2 nitrogen and oxygen atoms in total. The van der Waals surface area contributed by atoms with E-state index in [2.05, 4.69) is 19.2 Å². The van der Waals surface area contributed by atoms with Gasteiger partial charge in [0.15, 0.2) is 0 Å². The largest absolute Gasteiger partial charge is 0.395 e. The Morgan fingerprint density at radius 2 is 1.76 bits per heavy atom. The Balaban J connectivity index is 2.32. The van der Waals surface area contributed by atoms with Gasteiger partial charge in [0, 0.05) is 17.5 Å². The second kappa shape index (κ2) is 4.75. The molecule has 0 aliphatic carbocycles. The first kappa shape index (κ1) is 12.5. The molecule has 3 heteroatoms. The molecule has 2 rings (SSSR count). The van der Waals surface area contributed by atoms with Crippen molar-refractivity contribution in [3.8, 4) is 0 Å². The first-order chi connectivity index (χ1) is 8.05. The number of piperidine rings is 1. The Hall–Kier alpha value is -0.930. The summed E-state index contributed by atoms with van der Waals surface area (Å²) in [6.45, 7) is 4.38. The van der Waals surface area contributed by atoms with Gasteiger partial charge in [-0.2, -0.15) is 0 Å². The van der Waals surface area contributed by atoms with Crippen molar-refractivity contribution < 1.29 is 9.50 Å². The summed E-state index contributed by atoms with van der Waals surface area (Å²) in [5.41, 5.74) is 0.819. The summed E-state index contributed by atoms with van der Waals surface area (Å²) >= 11 is 0. The fourth-order valence-corrected chi connectivity index (χ4v) is 3.12. The lowest BCUT2D eigenvalue weighted by molar-refractivity contribution is 0.123. The number of halogens is 1. The van der Waals surface area contributed by atoms with Crippen LogP contribution in [0.1, 0.15) is 32.3 Å². The van der Waals surface area contributed by atoms with Gasteiger partial charge in [0.1, 0.15) is 5.82 Å². The minimum absolute atomic E-state index is 0.120. The summed E-state index contributed by atoms with van der Waals surface area (Å²) in [6.07, 6.45) is 1.78. The zero-order valence-corrected chi connectivity index (χ0v) is 10.4. The lowest BCUT2D eigenvalue weighted by Gasteiger charge is -2.43. The van der Waals surface area contributed by atoms with Crippen LogP contribution in [-0.2, 0) is 5.41 Å². The van der Waals surface area contributed by atoms with Crippen LogP contribution >= 0.6 is 0 Å². The third-order valence-electron chi connectivity index (χ3n) is 3.72. The fraction of sp³-hybridized carbons (Fsp3) is 0.571.